The lowest BCUT2D eigenvalue weighted by atomic mass is 10.1. The highest BCUT2D eigenvalue weighted by molar-refractivity contribution is 5.94. The van der Waals surface area contributed by atoms with Crippen LogP contribution in [0.2, 0.25) is 0 Å². The highest BCUT2D eigenvalue weighted by Crippen LogP contribution is 2.28. The van der Waals surface area contributed by atoms with E-state index in [4.69, 9.17) is 9.72 Å². The number of esters is 1. The SMILES string of the molecule is COC(=O)c1ccc2c(c1)nc(NC(C#Cc1ccccc1)c1ccccc1)n2C(C)C. The van der Waals surface area contributed by atoms with E-state index in [-0.39, 0.29) is 18.1 Å². The molecule has 4 rings (SSSR count). The third-order valence-corrected chi connectivity index (χ3v) is 5.17. The van der Waals surface area contributed by atoms with Crippen LogP contribution >= 0.6 is 0 Å². The van der Waals surface area contributed by atoms with Crippen LogP contribution in [0, 0.1) is 11.8 Å². The number of rotatable bonds is 5. The summed E-state index contributed by atoms with van der Waals surface area (Å²) in [5.74, 6) is 6.95. The van der Waals surface area contributed by atoms with Gasteiger partial charge in [-0.25, -0.2) is 9.78 Å². The van der Waals surface area contributed by atoms with Gasteiger partial charge in [-0.3, -0.25) is 0 Å². The topological polar surface area (TPSA) is 56.1 Å². The molecular weight excluding hydrogens is 398 g/mol. The quantitative estimate of drug-likeness (QED) is 0.335. The Morgan fingerprint density at radius 1 is 1.00 bits per heavy atom. The minimum Gasteiger partial charge on any atom is -0.465 e. The molecule has 1 N–H and O–H groups in total. The molecule has 32 heavy (non-hydrogen) atoms. The Bertz CT molecular complexity index is 1280. The molecule has 1 atom stereocenters. The zero-order valence-corrected chi connectivity index (χ0v) is 18.4. The molecule has 0 saturated heterocycles. The largest absolute Gasteiger partial charge is 0.465 e. The molecule has 1 heterocycles. The van der Waals surface area contributed by atoms with Crippen LogP contribution in [-0.4, -0.2) is 22.6 Å². The van der Waals surface area contributed by atoms with Gasteiger partial charge in [0.05, 0.1) is 23.7 Å². The predicted octanol–water partition coefficient (Wildman–Crippen LogP) is 5.61. The van der Waals surface area contributed by atoms with Crippen LogP contribution < -0.4 is 5.32 Å². The molecule has 5 heteroatoms. The zero-order valence-electron chi connectivity index (χ0n) is 18.4. The van der Waals surface area contributed by atoms with Crippen LogP contribution in [0.1, 0.15) is 47.4 Å². The number of anilines is 1. The van der Waals surface area contributed by atoms with E-state index in [9.17, 15) is 4.79 Å². The third kappa shape index (κ3) is 4.50. The van der Waals surface area contributed by atoms with Crippen molar-refractivity contribution in [3.63, 3.8) is 0 Å². The number of nitrogens with zero attached hydrogens (tertiary/aromatic N) is 2. The lowest BCUT2D eigenvalue weighted by Crippen LogP contribution is -2.14. The molecule has 0 amide bonds. The van der Waals surface area contributed by atoms with Crippen molar-refractivity contribution in [2.45, 2.75) is 25.9 Å². The minimum absolute atomic E-state index is 0.157. The highest BCUT2D eigenvalue weighted by atomic mass is 16.5. The number of aromatic nitrogens is 2. The fraction of sp³-hybridized carbons (Fsp3) is 0.185. The van der Waals surface area contributed by atoms with Crippen LogP contribution in [-0.2, 0) is 4.74 Å². The van der Waals surface area contributed by atoms with Crippen LogP contribution in [0.5, 0.6) is 0 Å². The summed E-state index contributed by atoms with van der Waals surface area (Å²) in [4.78, 5) is 16.8. The molecule has 0 saturated carbocycles. The van der Waals surface area contributed by atoms with E-state index in [1.54, 1.807) is 12.1 Å². The molecule has 0 radical (unpaired) electrons. The van der Waals surface area contributed by atoms with Crippen molar-refractivity contribution in [1.82, 2.24) is 9.55 Å². The van der Waals surface area contributed by atoms with Crippen molar-refractivity contribution < 1.29 is 9.53 Å². The molecule has 0 fully saturated rings. The van der Waals surface area contributed by atoms with E-state index in [1.165, 1.54) is 7.11 Å². The summed E-state index contributed by atoms with van der Waals surface area (Å²) < 4.78 is 6.98. The Labute approximate surface area is 188 Å². The summed E-state index contributed by atoms with van der Waals surface area (Å²) in [5.41, 5.74) is 4.15. The number of carbonyl (C=O) groups excluding carboxylic acids is 1. The maximum atomic E-state index is 12.0. The van der Waals surface area contributed by atoms with Gasteiger partial charge in [-0.15, -0.1) is 0 Å². The van der Waals surface area contributed by atoms with E-state index < -0.39 is 0 Å². The summed E-state index contributed by atoms with van der Waals surface area (Å²) in [6, 6.07) is 25.4. The van der Waals surface area contributed by atoms with E-state index in [1.807, 2.05) is 54.6 Å². The number of hydrogen-bond donors (Lipinski definition) is 1. The average molecular weight is 424 g/mol. The molecule has 0 bridgehead atoms. The Kier molecular flexibility index (Phi) is 6.23. The molecule has 160 valence electrons. The monoisotopic (exact) mass is 423 g/mol. The van der Waals surface area contributed by atoms with Gasteiger partial charge in [-0.2, -0.15) is 0 Å². The molecule has 0 aliphatic carbocycles. The minimum atomic E-state index is -0.378. The average Bonchev–Trinajstić information content (AvgIpc) is 3.19. The van der Waals surface area contributed by atoms with Gasteiger partial charge >= 0.3 is 5.97 Å². The van der Waals surface area contributed by atoms with Crippen LogP contribution in [0.25, 0.3) is 11.0 Å². The lowest BCUT2D eigenvalue weighted by Gasteiger charge is -2.18. The standard InChI is InChI=1S/C27H25N3O2/c1-19(2)30-25-17-15-22(26(31)32-3)18-24(25)29-27(30)28-23(21-12-8-5-9-13-21)16-14-20-10-6-4-7-11-20/h4-13,15,17-19,23H,1-3H3,(H,28,29). The summed E-state index contributed by atoms with van der Waals surface area (Å²) >= 11 is 0. The van der Waals surface area contributed by atoms with Crippen molar-refractivity contribution in [3.8, 4) is 11.8 Å². The van der Waals surface area contributed by atoms with Crippen LogP contribution in [0.15, 0.2) is 78.9 Å². The van der Waals surface area contributed by atoms with Gasteiger partial charge in [0.15, 0.2) is 0 Å². The van der Waals surface area contributed by atoms with Crippen LogP contribution in [0.4, 0.5) is 5.95 Å². The predicted molar refractivity (Wildman–Crippen MR) is 128 cm³/mol. The number of methoxy groups -OCH3 is 1. The van der Waals surface area contributed by atoms with Crippen molar-refractivity contribution >= 4 is 23.0 Å². The first-order valence-electron chi connectivity index (χ1n) is 10.5. The van der Waals surface area contributed by atoms with Gasteiger partial charge in [0.2, 0.25) is 5.95 Å². The number of nitrogens with one attached hydrogen (secondary N) is 1. The Morgan fingerprint density at radius 2 is 1.69 bits per heavy atom. The maximum Gasteiger partial charge on any atom is 0.337 e. The van der Waals surface area contributed by atoms with Gasteiger partial charge in [0.25, 0.3) is 0 Å². The van der Waals surface area contributed by atoms with Gasteiger partial charge in [-0.05, 0) is 49.7 Å². The van der Waals surface area contributed by atoms with Gasteiger partial charge in [0, 0.05) is 11.6 Å². The molecule has 4 aromatic rings. The first-order valence-corrected chi connectivity index (χ1v) is 10.5. The van der Waals surface area contributed by atoms with E-state index in [0.717, 1.165) is 22.2 Å². The summed E-state index contributed by atoms with van der Waals surface area (Å²) in [5, 5.41) is 3.53. The smallest absolute Gasteiger partial charge is 0.337 e. The summed E-state index contributed by atoms with van der Waals surface area (Å²) in [6.45, 7) is 4.21. The second kappa shape index (κ2) is 9.40. The molecule has 5 nitrogen and oxygen atoms in total. The number of hydrogen-bond acceptors (Lipinski definition) is 4. The number of imidazole rings is 1. The summed E-state index contributed by atoms with van der Waals surface area (Å²) in [7, 11) is 1.38. The van der Waals surface area contributed by atoms with E-state index in [0.29, 0.717) is 11.5 Å². The normalized spacial score (nSPS) is 11.6. The molecule has 3 aromatic carbocycles. The van der Waals surface area contributed by atoms with Crippen molar-refractivity contribution in [3.05, 3.63) is 95.6 Å². The molecule has 0 spiro atoms. The number of carbonyl (C=O) groups is 1. The van der Waals surface area contributed by atoms with E-state index >= 15 is 0 Å². The van der Waals surface area contributed by atoms with Gasteiger partial charge in [0.1, 0.15) is 6.04 Å². The zero-order chi connectivity index (χ0) is 22.5. The fourth-order valence-electron chi connectivity index (χ4n) is 3.62. The second-order valence-corrected chi connectivity index (χ2v) is 7.72. The van der Waals surface area contributed by atoms with Crippen molar-refractivity contribution in [1.29, 1.82) is 0 Å². The van der Waals surface area contributed by atoms with E-state index in [2.05, 4.69) is 47.7 Å². The van der Waals surface area contributed by atoms with Crippen molar-refractivity contribution in [2.24, 2.45) is 0 Å². The number of benzene rings is 3. The molecule has 0 aliphatic heterocycles. The maximum absolute atomic E-state index is 12.0. The van der Waals surface area contributed by atoms with Crippen LogP contribution in [0.3, 0.4) is 0 Å². The number of ether oxygens (including phenoxy) is 1. The first-order chi connectivity index (χ1) is 15.6. The third-order valence-electron chi connectivity index (χ3n) is 5.17. The number of fused-ring (bicyclic) bond motifs is 1. The van der Waals surface area contributed by atoms with Gasteiger partial charge in [-0.1, -0.05) is 60.4 Å². The fourth-order valence-corrected chi connectivity index (χ4v) is 3.62. The Hall–Kier alpha value is -4.04. The lowest BCUT2D eigenvalue weighted by molar-refractivity contribution is 0.0601. The highest BCUT2D eigenvalue weighted by Gasteiger charge is 2.18. The molecule has 1 aromatic heterocycles. The Balaban J connectivity index is 1.77. The molecular formula is C27H25N3O2. The van der Waals surface area contributed by atoms with Gasteiger partial charge < -0.3 is 14.6 Å². The summed E-state index contributed by atoms with van der Waals surface area (Å²) in [6.07, 6.45) is 0. The first kappa shape index (κ1) is 21.2. The molecule has 0 aliphatic rings. The van der Waals surface area contributed by atoms with Crippen molar-refractivity contribution in [2.75, 3.05) is 12.4 Å². The Morgan fingerprint density at radius 3 is 2.34 bits per heavy atom. The molecule has 1 unspecified atom stereocenters. The second-order valence-electron chi connectivity index (χ2n) is 7.72.